The van der Waals surface area contributed by atoms with Crippen LogP contribution in [0.4, 0.5) is 0 Å². The zero-order valence-corrected chi connectivity index (χ0v) is 16.9. The average Bonchev–Trinajstić information content (AvgIpc) is 2.92. The maximum absolute atomic E-state index is 12.3. The van der Waals surface area contributed by atoms with Crippen molar-refractivity contribution in [1.29, 1.82) is 0 Å². The molecule has 1 atom stereocenters. The Balaban J connectivity index is 1.90. The first kappa shape index (κ1) is 23.1. The number of esters is 1. The highest BCUT2D eigenvalue weighted by atomic mass is 16.5. The van der Waals surface area contributed by atoms with Crippen LogP contribution >= 0.6 is 0 Å². The average molecular weight is 417 g/mol. The van der Waals surface area contributed by atoms with Gasteiger partial charge in [-0.3, -0.25) is 19.2 Å². The van der Waals surface area contributed by atoms with Crippen LogP contribution in [0.2, 0.25) is 0 Å². The SMILES string of the molecule is COC(=O)CC(CO)NC(=O)CN1CC(CNC(=O)c2ccccc2)=CCCC1=O. The van der Waals surface area contributed by atoms with E-state index in [4.69, 9.17) is 0 Å². The van der Waals surface area contributed by atoms with Crippen LogP contribution in [0.25, 0.3) is 0 Å². The van der Waals surface area contributed by atoms with Gasteiger partial charge in [-0.25, -0.2) is 0 Å². The van der Waals surface area contributed by atoms with Gasteiger partial charge in [0, 0.05) is 25.1 Å². The number of hydrogen-bond donors (Lipinski definition) is 3. The molecule has 0 spiro atoms. The van der Waals surface area contributed by atoms with E-state index in [1.165, 1.54) is 12.0 Å². The van der Waals surface area contributed by atoms with Gasteiger partial charge in [-0.05, 0) is 24.1 Å². The van der Waals surface area contributed by atoms with Gasteiger partial charge in [0.25, 0.3) is 5.91 Å². The van der Waals surface area contributed by atoms with Gasteiger partial charge in [0.1, 0.15) is 0 Å². The Morgan fingerprint density at radius 2 is 1.97 bits per heavy atom. The number of carbonyl (C=O) groups is 4. The summed E-state index contributed by atoms with van der Waals surface area (Å²) in [5, 5.41) is 14.7. The number of carbonyl (C=O) groups excluding carboxylic acids is 4. The van der Waals surface area contributed by atoms with Gasteiger partial charge >= 0.3 is 5.97 Å². The summed E-state index contributed by atoms with van der Waals surface area (Å²) in [6.45, 7) is -0.158. The van der Waals surface area contributed by atoms with Crippen LogP contribution in [0.5, 0.6) is 0 Å². The Morgan fingerprint density at radius 3 is 2.63 bits per heavy atom. The van der Waals surface area contributed by atoms with Crippen LogP contribution in [0, 0.1) is 0 Å². The van der Waals surface area contributed by atoms with Crippen LogP contribution in [-0.4, -0.2) is 73.1 Å². The number of hydrogen-bond acceptors (Lipinski definition) is 6. The number of aliphatic hydroxyl groups is 1. The number of amides is 3. The fraction of sp³-hybridized carbons (Fsp3) is 0.429. The molecule has 1 aliphatic heterocycles. The molecule has 0 saturated carbocycles. The van der Waals surface area contributed by atoms with E-state index in [0.29, 0.717) is 12.0 Å². The fourth-order valence-electron chi connectivity index (χ4n) is 3.01. The van der Waals surface area contributed by atoms with Crippen molar-refractivity contribution in [2.24, 2.45) is 0 Å². The van der Waals surface area contributed by atoms with E-state index >= 15 is 0 Å². The second-order valence-corrected chi connectivity index (χ2v) is 6.93. The Hall–Kier alpha value is -3.20. The van der Waals surface area contributed by atoms with Gasteiger partial charge in [0.2, 0.25) is 11.8 Å². The van der Waals surface area contributed by atoms with Crippen LogP contribution < -0.4 is 10.6 Å². The highest BCUT2D eigenvalue weighted by Gasteiger charge is 2.23. The fourth-order valence-corrected chi connectivity index (χ4v) is 3.01. The lowest BCUT2D eigenvalue weighted by molar-refractivity contribution is -0.142. The summed E-state index contributed by atoms with van der Waals surface area (Å²) in [6.07, 6.45) is 2.52. The molecule has 0 aliphatic carbocycles. The highest BCUT2D eigenvalue weighted by Crippen LogP contribution is 2.11. The molecule has 3 N–H and O–H groups in total. The molecule has 0 saturated heterocycles. The minimum atomic E-state index is -0.785. The molecule has 0 fully saturated rings. The molecule has 3 amide bonds. The molecule has 0 radical (unpaired) electrons. The minimum absolute atomic E-state index is 0.163. The number of rotatable bonds is 9. The lowest BCUT2D eigenvalue weighted by Crippen LogP contribution is -2.46. The maximum atomic E-state index is 12.3. The number of methoxy groups -OCH3 is 1. The van der Waals surface area contributed by atoms with Crippen molar-refractivity contribution >= 4 is 23.7 Å². The lowest BCUT2D eigenvalue weighted by Gasteiger charge is -2.23. The van der Waals surface area contributed by atoms with E-state index < -0.39 is 24.5 Å². The van der Waals surface area contributed by atoms with Gasteiger partial charge in [-0.2, -0.15) is 0 Å². The summed E-state index contributed by atoms with van der Waals surface area (Å²) in [7, 11) is 1.22. The highest BCUT2D eigenvalue weighted by molar-refractivity contribution is 5.94. The number of allylic oxidation sites excluding steroid dienone is 1. The maximum Gasteiger partial charge on any atom is 0.307 e. The molecule has 2 rings (SSSR count). The molecule has 1 unspecified atom stereocenters. The van der Waals surface area contributed by atoms with Gasteiger partial charge < -0.3 is 25.4 Å². The predicted octanol–water partition coefficient (Wildman–Crippen LogP) is 0.00540. The Kier molecular flexibility index (Phi) is 9.02. The van der Waals surface area contributed by atoms with E-state index in [-0.39, 0.29) is 44.3 Å². The monoisotopic (exact) mass is 417 g/mol. The third-order valence-electron chi connectivity index (χ3n) is 4.61. The number of nitrogens with one attached hydrogen (secondary N) is 2. The van der Waals surface area contributed by atoms with Crippen molar-refractivity contribution in [3.05, 3.63) is 47.5 Å². The predicted molar refractivity (Wildman–Crippen MR) is 108 cm³/mol. The molecule has 1 aromatic rings. The normalized spacial score (nSPS) is 14.9. The molecular formula is C21H27N3O6. The Bertz CT molecular complexity index is 793. The van der Waals surface area contributed by atoms with Gasteiger partial charge in [-0.15, -0.1) is 0 Å². The largest absolute Gasteiger partial charge is 0.469 e. The van der Waals surface area contributed by atoms with Gasteiger partial charge in [0.05, 0.1) is 32.7 Å². The van der Waals surface area contributed by atoms with Crippen molar-refractivity contribution in [2.45, 2.75) is 25.3 Å². The summed E-state index contributed by atoms with van der Waals surface area (Å²) in [5.41, 5.74) is 1.37. The molecule has 1 heterocycles. The summed E-state index contributed by atoms with van der Waals surface area (Å²) < 4.78 is 4.53. The number of aliphatic hydroxyl groups excluding tert-OH is 1. The molecule has 0 aromatic heterocycles. The molecule has 30 heavy (non-hydrogen) atoms. The van der Waals surface area contributed by atoms with Crippen molar-refractivity contribution in [3.8, 4) is 0 Å². The van der Waals surface area contributed by atoms with Crippen molar-refractivity contribution in [3.63, 3.8) is 0 Å². The van der Waals surface area contributed by atoms with Crippen molar-refractivity contribution in [2.75, 3.05) is 33.4 Å². The van der Waals surface area contributed by atoms with Gasteiger partial charge in [0.15, 0.2) is 0 Å². The summed E-state index contributed by atoms with van der Waals surface area (Å²) in [5.74, 6) is -1.44. The first-order chi connectivity index (χ1) is 14.4. The summed E-state index contributed by atoms with van der Waals surface area (Å²) in [4.78, 5) is 49.6. The van der Waals surface area contributed by atoms with E-state index in [0.717, 1.165) is 5.57 Å². The molecule has 1 aliphatic rings. The van der Waals surface area contributed by atoms with E-state index in [9.17, 15) is 24.3 Å². The summed E-state index contributed by atoms with van der Waals surface area (Å²) >= 11 is 0. The van der Waals surface area contributed by atoms with Crippen LogP contribution in [0.15, 0.2) is 42.0 Å². The second-order valence-electron chi connectivity index (χ2n) is 6.93. The number of ether oxygens (including phenoxy) is 1. The molecule has 9 heteroatoms. The number of benzene rings is 1. The zero-order chi connectivity index (χ0) is 21.9. The standard InChI is InChI=1S/C21H27N3O6/c1-30-20(28)10-17(14-25)23-18(26)13-24-12-15(6-5-9-19(24)27)11-22-21(29)16-7-3-2-4-8-16/h2-4,6-8,17,25H,5,9-14H2,1H3,(H,22,29)(H,23,26). The topological polar surface area (TPSA) is 125 Å². The van der Waals surface area contributed by atoms with Crippen LogP contribution in [-0.2, 0) is 19.1 Å². The first-order valence-corrected chi connectivity index (χ1v) is 9.69. The Labute approximate surface area is 175 Å². The second kappa shape index (κ2) is 11.7. The van der Waals surface area contributed by atoms with E-state index in [1.54, 1.807) is 24.3 Å². The third kappa shape index (κ3) is 7.32. The first-order valence-electron chi connectivity index (χ1n) is 9.69. The van der Waals surface area contributed by atoms with Crippen LogP contribution in [0.1, 0.15) is 29.6 Å². The minimum Gasteiger partial charge on any atom is -0.469 e. The number of nitrogens with zero attached hydrogens (tertiary/aromatic N) is 1. The molecule has 1 aromatic carbocycles. The van der Waals surface area contributed by atoms with Crippen LogP contribution in [0.3, 0.4) is 0 Å². The summed E-state index contributed by atoms with van der Waals surface area (Å²) in [6, 6.07) is 8.02. The molecule has 9 nitrogen and oxygen atoms in total. The van der Waals surface area contributed by atoms with E-state index in [1.807, 2.05) is 12.1 Å². The van der Waals surface area contributed by atoms with E-state index in [2.05, 4.69) is 15.4 Å². The van der Waals surface area contributed by atoms with Crippen molar-refractivity contribution in [1.82, 2.24) is 15.5 Å². The molecule has 162 valence electrons. The smallest absolute Gasteiger partial charge is 0.307 e. The molecular weight excluding hydrogens is 390 g/mol. The van der Waals surface area contributed by atoms with Crippen molar-refractivity contribution < 1.29 is 29.0 Å². The Morgan fingerprint density at radius 1 is 1.23 bits per heavy atom. The molecule has 0 bridgehead atoms. The third-order valence-corrected chi connectivity index (χ3v) is 4.61. The lowest BCUT2D eigenvalue weighted by atomic mass is 10.2. The quantitative estimate of drug-likeness (QED) is 0.384. The zero-order valence-electron chi connectivity index (χ0n) is 16.9. The van der Waals surface area contributed by atoms with Gasteiger partial charge in [-0.1, -0.05) is 24.3 Å².